The normalized spacial score (nSPS) is 10.9. The van der Waals surface area contributed by atoms with Crippen molar-refractivity contribution in [3.8, 4) is 0 Å². The summed E-state index contributed by atoms with van der Waals surface area (Å²) in [6.07, 6.45) is 3.68. The van der Waals surface area contributed by atoms with Crippen LogP contribution in [0.3, 0.4) is 0 Å². The van der Waals surface area contributed by atoms with E-state index in [0.29, 0.717) is 5.88 Å². The van der Waals surface area contributed by atoms with E-state index in [4.69, 9.17) is 11.6 Å². The van der Waals surface area contributed by atoms with E-state index in [9.17, 15) is 4.79 Å². The lowest BCUT2D eigenvalue weighted by molar-refractivity contribution is 0.112. The van der Waals surface area contributed by atoms with Gasteiger partial charge in [-0.1, -0.05) is 15.9 Å². The molecule has 0 saturated heterocycles. The first kappa shape index (κ1) is 11.7. The zero-order valence-corrected chi connectivity index (χ0v) is 11.0. The Morgan fingerprint density at radius 3 is 2.94 bits per heavy atom. The van der Waals surface area contributed by atoms with Crippen LogP contribution in [-0.2, 0) is 6.54 Å². The molecule has 0 aliphatic heterocycles. The summed E-state index contributed by atoms with van der Waals surface area (Å²) in [5, 5.41) is 0.985. The minimum absolute atomic E-state index is 0.632. The van der Waals surface area contributed by atoms with Crippen molar-refractivity contribution >= 4 is 44.7 Å². The summed E-state index contributed by atoms with van der Waals surface area (Å²) in [5.41, 5.74) is 1.81. The second-order valence-corrected chi connectivity index (χ2v) is 4.89. The number of carbonyl (C=O) groups is 1. The van der Waals surface area contributed by atoms with Gasteiger partial charge in [-0.05, 0) is 24.6 Å². The van der Waals surface area contributed by atoms with Crippen LogP contribution >= 0.6 is 27.5 Å². The number of fused-ring (bicyclic) bond motifs is 1. The van der Waals surface area contributed by atoms with Crippen molar-refractivity contribution in [1.82, 2.24) is 4.57 Å². The molecule has 84 valence electrons. The van der Waals surface area contributed by atoms with Gasteiger partial charge in [-0.25, -0.2) is 0 Å². The number of aldehydes is 1. The molecular weight excluding hydrogens is 289 g/mol. The first-order valence-electron chi connectivity index (χ1n) is 5.06. The third-order valence-corrected chi connectivity index (χ3v) is 3.29. The van der Waals surface area contributed by atoms with Crippen molar-refractivity contribution in [3.05, 3.63) is 34.4 Å². The van der Waals surface area contributed by atoms with E-state index >= 15 is 0 Å². The van der Waals surface area contributed by atoms with Crippen LogP contribution in [0.25, 0.3) is 10.9 Å². The maximum absolute atomic E-state index is 11.0. The molecule has 1 heterocycles. The van der Waals surface area contributed by atoms with Crippen LogP contribution in [0.5, 0.6) is 0 Å². The topological polar surface area (TPSA) is 22.0 Å². The highest BCUT2D eigenvalue weighted by Crippen LogP contribution is 2.24. The van der Waals surface area contributed by atoms with Crippen LogP contribution in [-0.4, -0.2) is 16.7 Å². The summed E-state index contributed by atoms with van der Waals surface area (Å²) in [6.45, 7) is 0.843. The molecular formula is C12H11BrClNO. The third-order valence-electron chi connectivity index (χ3n) is 2.53. The summed E-state index contributed by atoms with van der Waals surface area (Å²) in [7, 11) is 0. The number of benzene rings is 1. The van der Waals surface area contributed by atoms with Gasteiger partial charge in [-0.15, -0.1) is 11.6 Å². The maximum atomic E-state index is 11.0. The SMILES string of the molecule is O=Cc1cn(CCCCl)c2ccc(Br)cc12. The summed E-state index contributed by atoms with van der Waals surface area (Å²) in [6, 6.07) is 5.96. The fraction of sp³-hybridized carbons (Fsp3) is 0.250. The number of halogens is 2. The van der Waals surface area contributed by atoms with Gasteiger partial charge in [0.05, 0.1) is 0 Å². The molecule has 0 saturated carbocycles. The molecule has 4 heteroatoms. The highest BCUT2D eigenvalue weighted by molar-refractivity contribution is 9.10. The lowest BCUT2D eigenvalue weighted by Crippen LogP contribution is -1.96. The van der Waals surface area contributed by atoms with Crippen LogP contribution in [0.2, 0.25) is 0 Å². The van der Waals surface area contributed by atoms with E-state index in [2.05, 4.69) is 20.5 Å². The predicted octanol–water partition coefficient (Wildman–Crippen LogP) is 3.85. The maximum Gasteiger partial charge on any atom is 0.152 e. The number of alkyl halides is 1. The molecule has 2 aromatic rings. The lowest BCUT2D eigenvalue weighted by atomic mass is 10.2. The minimum Gasteiger partial charge on any atom is -0.347 e. The van der Waals surface area contributed by atoms with Crippen LogP contribution in [0.1, 0.15) is 16.8 Å². The Hall–Kier alpha value is -0.800. The second-order valence-electron chi connectivity index (χ2n) is 3.60. The van der Waals surface area contributed by atoms with Crippen molar-refractivity contribution in [2.75, 3.05) is 5.88 Å². The van der Waals surface area contributed by atoms with Crippen LogP contribution in [0.15, 0.2) is 28.9 Å². The van der Waals surface area contributed by atoms with Crippen molar-refractivity contribution < 1.29 is 4.79 Å². The number of aromatic nitrogens is 1. The smallest absolute Gasteiger partial charge is 0.152 e. The molecule has 1 aromatic carbocycles. The molecule has 0 fully saturated rings. The summed E-state index contributed by atoms with van der Waals surface area (Å²) >= 11 is 9.09. The van der Waals surface area contributed by atoms with Crippen molar-refractivity contribution in [3.63, 3.8) is 0 Å². The van der Waals surface area contributed by atoms with Crippen molar-refractivity contribution in [1.29, 1.82) is 0 Å². The third kappa shape index (κ3) is 2.15. The van der Waals surface area contributed by atoms with Gasteiger partial charge in [0.1, 0.15) is 0 Å². The molecule has 0 unspecified atom stereocenters. The Labute approximate surface area is 107 Å². The summed E-state index contributed by atoms with van der Waals surface area (Å²) in [4.78, 5) is 11.0. The summed E-state index contributed by atoms with van der Waals surface area (Å²) < 4.78 is 3.06. The van der Waals surface area contributed by atoms with Crippen molar-refractivity contribution in [2.45, 2.75) is 13.0 Å². The van der Waals surface area contributed by atoms with E-state index in [1.54, 1.807) is 0 Å². The average molecular weight is 301 g/mol. The second kappa shape index (κ2) is 5.02. The zero-order chi connectivity index (χ0) is 11.5. The Morgan fingerprint density at radius 2 is 2.25 bits per heavy atom. The van der Waals surface area contributed by atoms with E-state index in [1.807, 2.05) is 24.4 Å². The Morgan fingerprint density at radius 1 is 1.44 bits per heavy atom. The Balaban J connectivity index is 2.54. The van der Waals surface area contributed by atoms with Gasteiger partial charge >= 0.3 is 0 Å². The van der Waals surface area contributed by atoms with Gasteiger partial charge in [0, 0.05) is 39.6 Å². The average Bonchev–Trinajstić information content (AvgIpc) is 2.63. The quantitative estimate of drug-likeness (QED) is 0.621. The van der Waals surface area contributed by atoms with Gasteiger partial charge in [0.25, 0.3) is 0 Å². The summed E-state index contributed by atoms with van der Waals surface area (Å²) in [5.74, 6) is 0.632. The Bertz CT molecular complexity index is 521. The molecule has 2 rings (SSSR count). The van der Waals surface area contributed by atoms with Crippen molar-refractivity contribution in [2.24, 2.45) is 0 Å². The highest BCUT2D eigenvalue weighted by Gasteiger charge is 2.07. The zero-order valence-electron chi connectivity index (χ0n) is 8.62. The molecule has 2 nitrogen and oxygen atoms in total. The molecule has 0 bridgehead atoms. The minimum atomic E-state index is 0.632. The molecule has 0 atom stereocenters. The first-order chi connectivity index (χ1) is 7.76. The number of rotatable bonds is 4. The van der Waals surface area contributed by atoms with Gasteiger partial charge in [0.2, 0.25) is 0 Å². The number of nitrogens with zero attached hydrogens (tertiary/aromatic N) is 1. The van der Waals surface area contributed by atoms with E-state index in [0.717, 1.165) is 40.2 Å². The van der Waals surface area contributed by atoms with Gasteiger partial charge in [-0.3, -0.25) is 4.79 Å². The molecule has 0 spiro atoms. The van der Waals surface area contributed by atoms with Crippen LogP contribution in [0, 0.1) is 0 Å². The van der Waals surface area contributed by atoms with E-state index < -0.39 is 0 Å². The molecule has 0 aliphatic rings. The number of hydrogen-bond donors (Lipinski definition) is 0. The monoisotopic (exact) mass is 299 g/mol. The first-order valence-corrected chi connectivity index (χ1v) is 6.38. The predicted molar refractivity (Wildman–Crippen MR) is 70.4 cm³/mol. The van der Waals surface area contributed by atoms with E-state index in [1.165, 1.54) is 0 Å². The molecule has 1 aromatic heterocycles. The van der Waals surface area contributed by atoms with Gasteiger partial charge in [-0.2, -0.15) is 0 Å². The van der Waals surface area contributed by atoms with Crippen LogP contribution < -0.4 is 0 Å². The fourth-order valence-corrected chi connectivity index (χ4v) is 2.29. The van der Waals surface area contributed by atoms with Gasteiger partial charge in [0.15, 0.2) is 6.29 Å². The highest BCUT2D eigenvalue weighted by atomic mass is 79.9. The lowest BCUT2D eigenvalue weighted by Gasteiger charge is -2.02. The molecule has 0 aliphatic carbocycles. The van der Waals surface area contributed by atoms with Gasteiger partial charge < -0.3 is 4.57 Å². The van der Waals surface area contributed by atoms with Crippen LogP contribution in [0.4, 0.5) is 0 Å². The number of carbonyl (C=O) groups excluding carboxylic acids is 1. The van der Waals surface area contributed by atoms with E-state index in [-0.39, 0.29) is 0 Å². The Kier molecular flexibility index (Phi) is 3.66. The standard InChI is InChI=1S/C12H11BrClNO/c13-10-2-3-12-11(6-10)9(8-16)7-15(12)5-1-4-14/h2-3,6-8H,1,4-5H2. The molecule has 0 N–H and O–H groups in total. The molecule has 0 radical (unpaired) electrons. The molecule has 16 heavy (non-hydrogen) atoms. The number of hydrogen-bond acceptors (Lipinski definition) is 1. The number of aryl methyl sites for hydroxylation is 1. The largest absolute Gasteiger partial charge is 0.347 e. The fourth-order valence-electron chi connectivity index (χ4n) is 1.81. The molecule has 0 amide bonds.